The normalized spacial score (nSPS) is 12.2. The second-order valence-electron chi connectivity index (χ2n) is 4.83. The third-order valence-electron chi connectivity index (χ3n) is 2.31. The average molecular weight is 191 g/mol. The zero-order valence-corrected chi connectivity index (χ0v) is 10.3. The first-order valence-electron chi connectivity index (χ1n) is 4.82. The fourth-order valence-corrected chi connectivity index (χ4v) is 2.17. The van der Waals surface area contributed by atoms with E-state index in [9.17, 15) is 0 Å². The van der Waals surface area contributed by atoms with Crippen LogP contribution in [0.1, 0.15) is 26.3 Å². The van der Waals surface area contributed by atoms with Gasteiger partial charge in [0.2, 0.25) is 0 Å². The van der Waals surface area contributed by atoms with Gasteiger partial charge < -0.3 is 0 Å². The van der Waals surface area contributed by atoms with E-state index < -0.39 is 0 Å². The van der Waals surface area contributed by atoms with Crippen LogP contribution in [0.15, 0.2) is 24.3 Å². The summed E-state index contributed by atoms with van der Waals surface area (Å²) in [6.45, 7) is 11.5. The summed E-state index contributed by atoms with van der Waals surface area (Å²) in [5.74, 6) is 0. The summed E-state index contributed by atoms with van der Waals surface area (Å²) in [5.41, 5.74) is 1.74. The number of rotatable bonds is 1. The summed E-state index contributed by atoms with van der Waals surface area (Å²) in [5, 5.41) is 1.54. The summed E-state index contributed by atoms with van der Waals surface area (Å²) < 4.78 is 0. The van der Waals surface area contributed by atoms with Gasteiger partial charge in [-0.15, -0.1) is 0 Å². The van der Waals surface area contributed by atoms with Crippen molar-refractivity contribution in [3.05, 3.63) is 29.8 Å². The van der Waals surface area contributed by atoms with E-state index in [0.717, 1.165) is 0 Å². The number of benzene rings is 1. The maximum Gasteiger partial charge on any atom is 0.0791 e. The number of hydrogen-bond donors (Lipinski definition) is 0. The third kappa shape index (κ3) is 2.70. The van der Waals surface area contributed by atoms with Crippen LogP contribution >= 0.6 is 0 Å². The Morgan fingerprint density at radius 1 is 1.08 bits per heavy atom. The summed E-state index contributed by atoms with van der Waals surface area (Å²) in [6.07, 6.45) is 0. The second kappa shape index (κ2) is 3.67. The molecule has 0 aliphatic carbocycles. The zero-order chi connectivity index (χ0) is 10.1. The lowest BCUT2D eigenvalue weighted by atomic mass is 9.87. The lowest BCUT2D eigenvalue weighted by molar-refractivity contribution is 0.591. The first-order valence-corrected chi connectivity index (χ1v) is 7.32. The molecule has 0 nitrogen and oxygen atoms in total. The first-order chi connectivity index (χ1) is 5.91. The maximum atomic E-state index is 2.37. The highest BCUT2D eigenvalue weighted by Gasteiger charge is 2.14. The molecule has 0 amide bonds. The Bertz CT molecular complexity index is 281. The summed E-state index contributed by atoms with van der Waals surface area (Å²) in [7, 11) is -0.294. The molecule has 0 unspecified atom stereocenters. The predicted octanol–water partition coefficient (Wildman–Crippen LogP) is 2.95. The van der Waals surface area contributed by atoms with Gasteiger partial charge in [-0.2, -0.15) is 0 Å². The maximum absolute atomic E-state index is 2.37. The summed E-state index contributed by atoms with van der Waals surface area (Å²) in [6, 6.07) is 9.04. The van der Waals surface area contributed by atoms with Crippen molar-refractivity contribution in [1.29, 1.82) is 0 Å². The van der Waals surface area contributed by atoms with Gasteiger partial charge in [-0.3, -0.25) is 0 Å². The number of hydrogen-bond acceptors (Lipinski definition) is 0. The van der Waals surface area contributed by atoms with Gasteiger partial charge in [0.25, 0.3) is 0 Å². The van der Waals surface area contributed by atoms with Gasteiger partial charge in [-0.25, -0.2) is 0 Å². The monoisotopic (exact) mass is 191 g/mol. The molecular formula is C12H19Si. The summed E-state index contributed by atoms with van der Waals surface area (Å²) in [4.78, 5) is 0. The van der Waals surface area contributed by atoms with Gasteiger partial charge in [0.05, 0.1) is 8.80 Å². The van der Waals surface area contributed by atoms with E-state index in [1.807, 2.05) is 0 Å². The van der Waals surface area contributed by atoms with Crippen LogP contribution in [0.4, 0.5) is 0 Å². The van der Waals surface area contributed by atoms with Gasteiger partial charge in [0.15, 0.2) is 0 Å². The quantitative estimate of drug-likeness (QED) is 0.599. The van der Waals surface area contributed by atoms with Crippen molar-refractivity contribution in [2.75, 3.05) is 0 Å². The highest BCUT2D eigenvalue weighted by atomic mass is 28.3. The Balaban J connectivity index is 3.06. The minimum Gasteiger partial charge on any atom is -0.0671 e. The first kappa shape index (κ1) is 10.5. The van der Waals surface area contributed by atoms with Crippen molar-refractivity contribution in [3.63, 3.8) is 0 Å². The van der Waals surface area contributed by atoms with Gasteiger partial charge in [-0.1, -0.05) is 63.3 Å². The van der Waals surface area contributed by atoms with Gasteiger partial charge in [-0.05, 0) is 11.0 Å². The molecule has 1 radical (unpaired) electrons. The van der Waals surface area contributed by atoms with Gasteiger partial charge in [0, 0.05) is 0 Å². The Morgan fingerprint density at radius 2 is 1.69 bits per heavy atom. The fourth-order valence-electron chi connectivity index (χ4n) is 1.30. The molecule has 0 aromatic heterocycles. The van der Waals surface area contributed by atoms with Crippen molar-refractivity contribution < 1.29 is 0 Å². The van der Waals surface area contributed by atoms with Crippen molar-refractivity contribution in [2.45, 2.75) is 39.3 Å². The van der Waals surface area contributed by atoms with E-state index in [0.29, 0.717) is 0 Å². The van der Waals surface area contributed by atoms with E-state index in [1.165, 1.54) is 10.8 Å². The summed E-state index contributed by atoms with van der Waals surface area (Å²) >= 11 is 0. The van der Waals surface area contributed by atoms with Crippen molar-refractivity contribution >= 4 is 14.0 Å². The molecule has 71 valence electrons. The Morgan fingerprint density at radius 3 is 2.15 bits per heavy atom. The van der Waals surface area contributed by atoms with Crippen molar-refractivity contribution in [2.24, 2.45) is 0 Å². The Labute approximate surface area is 83.6 Å². The minimum atomic E-state index is -0.294. The van der Waals surface area contributed by atoms with E-state index in [-0.39, 0.29) is 14.2 Å². The molecule has 0 aliphatic rings. The lowest BCUT2D eigenvalue weighted by Crippen LogP contribution is -2.24. The molecule has 0 saturated heterocycles. The fraction of sp³-hybridized carbons (Fsp3) is 0.500. The van der Waals surface area contributed by atoms with Gasteiger partial charge >= 0.3 is 0 Å². The van der Waals surface area contributed by atoms with Crippen LogP contribution in [-0.2, 0) is 5.41 Å². The Hall–Kier alpha value is -0.563. The van der Waals surface area contributed by atoms with E-state index in [2.05, 4.69) is 58.1 Å². The second-order valence-corrected chi connectivity index (χ2v) is 7.41. The zero-order valence-electron chi connectivity index (χ0n) is 9.31. The molecule has 0 fully saturated rings. The predicted molar refractivity (Wildman–Crippen MR) is 62.3 cm³/mol. The highest BCUT2D eigenvalue weighted by molar-refractivity contribution is 6.70. The topological polar surface area (TPSA) is 0 Å². The molecule has 1 aromatic rings. The molecule has 0 N–H and O–H groups in total. The molecule has 13 heavy (non-hydrogen) atoms. The van der Waals surface area contributed by atoms with Crippen LogP contribution in [-0.4, -0.2) is 8.80 Å². The van der Waals surface area contributed by atoms with Crippen LogP contribution in [0.5, 0.6) is 0 Å². The van der Waals surface area contributed by atoms with E-state index in [4.69, 9.17) is 0 Å². The molecule has 0 atom stereocenters. The average Bonchev–Trinajstić information content (AvgIpc) is 2.03. The SMILES string of the molecule is C[Si](C)c1cccc(C(C)(C)C)c1. The van der Waals surface area contributed by atoms with E-state index >= 15 is 0 Å². The van der Waals surface area contributed by atoms with Crippen LogP contribution in [0.3, 0.4) is 0 Å². The largest absolute Gasteiger partial charge is 0.0791 e. The van der Waals surface area contributed by atoms with Gasteiger partial charge in [0.1, 0.15) is 0 Å². The third-order valence-corrected chi connectivity index (χ3v) is 3.77. The van der Waals surface area contributed by atoms with Crippen LogP contribution in [0.25, 0.3) is 0 Å². The molecular weight excluding hydrogens is 172 g/mol. The molecule has 0 aliphatic heterocycles. The van der Waals surface area contributed by atoms with Crippen molar-refractivity contribution in [3.8, 4) is 0 Å². The minimum absolute atomic E-state index is 0.285. The molecule has 0 spiro atoms. The van der Waals surface area contributed by atoms with Crippen LogP contribution in [0, 0.1) is 0 Å². The molecule has 1 aromatic carbocycles. The lowest BCUT2D eigenvalue weighted by Gasteiger charge is -2.20. The molecule has 1 heteroatoms. The standard InChI is InChI=1S/C12H19Si/c1-12(2,3)10-7-6-8-11(9-10)13(4)5/h6-9H,1-5H3. The highest BCUT2D eigenvalue weighted by Crippen LogP contribution is 2.20. The molecule has 0 saturated carbocycles. The van der Waals surface area contributed by atoms with Crippen LogP contribution in [0.2, 0.25) is 13.1 Å². The Kier molecular flexibility index (Phi) is 2.97. The van der Waals surface area contributed by atoms with Crippen molar-refractivity contribution in [1.82, 2.24) is 0 Å². The smallest absolute Gasteiger partial charge is 0.0671 e. The van der Waals surface area contributed by atoms with Crippen LogP contribution < -0.4 is 5.19 Å². The van der Waals surface area contributed by atoms with E-state index in [1.54, 1.807) is 0 Å². The molecule has 1 rings (SSSR count). The molecule has 0 heterocycles. The molecule has 0 bridgehead atoms.